The van der Waals surface area contributed by atoms with Gasteiger partial charge in [-0.3, -0.25) is 0 Å². The fourth-order valence-electron chi connectivity index (χ4n) is 4.71. The van der Waals surface area contributed by atoms with Gasteiger partial charge in [0, 0.05) is 50.2 Å². The summed E-state index contributed by atoms with van der Waals surface area (Å²) in [7, 11) is 1.52. The monoisotopic (exact) mass is 441 g/mol. The summed E-state index contributed by atoms with van der Waals surface area (Å²) in [5.74, 6) is 1.69. The Hall–Kier alpha value is -2.78. The fourth-order valence-corrected chi connectivity index (χ4v) is 4.71. The number of halogens is 1. The van der Waals surface area contributed by atoms with Crippen molar-refractivity contribution in [1.82, 2.24) is 20.4 Å². The van der Waals surface area contributed by atoms with Gasteiger partial charge < -0.3 is 24.2 Å². The maximum atomic E-state index is 15.0. The van der Waals surface area contributed by atoms with E-state index in [-0.39, 0.29) is 0 Å². The number of methoxy groups -OCH3 is 1. The number of hydrogen-bond acceptors (Lipinski definition) is 8. The first-order chi connectivity index (χ1) is 15.5. The van der Waals surface area contributed by atoms with E-state index in [0.717, 1.165) is 56.7 Å². The number of aryl methyl sites for hydroxylation is 2. The third kappa shape index (κ3) is 3.91. The maximum absolute atomic E-state index is 15.0. The molecule has 5 rings (SSSR count). The minimum Gasteiger partial charge on any atom is -0.497 e. The quantitative estimate of drug-likeness (QED) is 0.645. The van der Waals surface area contributed by atoms with E-state index in [9.17, 15) is 4.39 Å². The molecule has 0 aliphatic carbocycles. The number of ether oxygens (including phenoxy) is 2. The van der Waals surface area contributed by atoms with Crippen molar-refractivity contribution in [1.29, 1.82) is 0 Å². The average Bonchev–Trinajstić information content (AvgIpc) is 3.46. The fraction of sp³-hybridized carbons (Fsp3) is 0.522. The summed E-state index contributed by atoms with van der Waals surface area (Å²) in [4.78, 5) is 11.4. The number of rotatable bonds is 5. The number of fused-ring (bicyclic) bond motifs is 1. The number of nitrogens with zero attached hydrogens (tertiary/aromatic N) is 4. The van der Waals surface area contributed by atoms with Crippen molar-refractivity contribution in [3.8, 4) is 17.1 Å². The van der Waals surface area contributed by atoms with E-state index in [1.807, 2.05) is 6.92 Å². The second-order valence-electron chi connectivity index (χ2n) is 8.57. The number of nitrogens with one attached hydrogen (secondary N) is 1. The van der Waals surface area contributed by atoms with Crippen molar-refractivity contribution in [2.45, 2.75) is 45.2 Å². The minimum atomic E-state index is -0.405. The molecule has 0 radical (unpaired) electrons. The molecule has 0 spiro atoms. The molecule has 2 aliphatic rings. The Balaban J connectivity index is 1.52. The molecule has 9 heteroatoms. The highest BCUT2D eigenvalue weighted by Crippen LogP contribution is 2.38. The zero-order valence-electron chi connectivity index (χ0n) is 18.7. The molecule has 2 aromatic heterocycles. The Morgan fingerprint density at radius 3 is 2.59 bits per heavy atom. The van der Waals surface area contributed by atoms with Gasteiger partial charge in [0.15, 0.2) is 5.82 Å². The smallest absolute Gasteiger partial charge is 0.223 e. The summed E-state index contributed by atoms with van der Waals surface area (Å²) in [6.07, 6.45) is 3.02. The number of anilines is 1. The molecule has 2 aliphatic heterocycles. The van der Waals surface area contributed by atoms with Gasteiger partial charge in [-0.05, 0) is 37.8 Å². The molecule has 1 N–H and O–H groups in total. The third-order valence-electron chi connectivity index (χ3n) is 6.44. The second kappa shape index (κ2) is 8.63. The SMILES string of the molecule is COc1cc(F)c2nc(N3CCC(N[C@@H]4CCOC4)CC3)c(-c3noc(C)n3)c(C)c2c1. The molecule has 1 atom stereocenters. The van der Waals surface area contributed by atoms with Gasteiger partial charge in [-0.1, -0.05) is 5.16 Å². The first-order valence-corrected chi connectivity index (χ1v) is 11.1. The van der Waals surface area contributed by atoms with Crippen LogP contribution in [0.3, 0.4) is 0 Å². The number of benzene rings is 1. The highest BCUT2D eigenvalue weighted by atomic mass is 19.1. The Morgan fingerprint density at radius 2 is 1.94 bits per heavy atom. The molecular formula is C23H28FN5O3. The lowest BCUT2D eigenvalue weighted by atomic mass is 9.99. The molecule has 0 saturated carbocycles. The van der Waals surface area contributed by atoms with Crippen molar-refractivity contribution in [2.24, 2.45) is 0 Å². The summed E-state index contributed by atoms with van der Waals surface area (Å²) in [6.45, 7) is 6.94. The van der Waals surface area contributed by atoms with Gasteiger partial charge >= 0.3 is 0 Å². The number of hydrogen-bond donors (Lipinski definition) is 1. The molecule has 2 fully saturated rings. The lowest BCUT2D eigenvalue weighted by Gasteiger charge is -2.35. The number of pyridine rings is 1. The molecule has 0 unspecified atom stereocenters. The molecule has 170 valence electrons. The molecule has 4 heterocycles. The molecule has 32 heavy (non-hydrogen) atoms. The molecule has 2 saturated heterocycles. The molecule has 0 bridgehead atoms. The van der Waals surface area contributed by atoms with Crippen LogP contribution in [0.1, 0.15) is 30.7 Å². The van der Waals surface area contributed by atoms with Crippen molar-refractivity contribution >= 4 is 16.7 Å². The molecular weight excluding hydrogens is 413 g/mol. The van der Waals surface area contributed by atoms with Crippen molar-refractivity contribution in [2.75, 3.05) is 38.3 Å². The van der Waals surface area contributed by atoms with Gasteiger partial charge in [-0.25, -0.2) is 9.37 Å². The topological polar surface area (TPSA) is 85.5 Å². The zero-order chi connectivity index (χ0) is 22.2. The highest BCUT2D eigenvalue weighted by Gasteiger charge is 2.28. The Kier molecular flexibility index (Phi) is 5.69. The van der Waals surface area contributed by atoms with Crippen molar-refractivity contribution in [3.63, 3.8) is 0 Å². The zero-order valence-corrected chi connectivity index (χ0v) is 18.7. The second-order valence-corrected chi connectivity index (χ2v) is 8.57. The van der Waals surface area contributed by atoms with Gasteiger partial charge in [0.2, 0.25) is 11.7 Å². The summed E-state index contributed by atoms with van der Waals surface area (Å²) >= 11 is 0. The van der Waals surface area contributed by atoms with Crippen molar-refractivity contribution < 1.29 is 18.4 Å². The summed E-state index contributed by atoms with van der Waals surface area (Å²) < 4.78 is 31.0. The van der Waals surface area contributed by atoms with E-state index in [4.69, 9.17) is 19.0 Å². The third-order valence-corrected chi connectivity index (χ3v) is 6.44. The van der Waals surface area contributed by atoms with Gasteiger partial charge in [-0.2, -0.15) is 4.98 Å². The van der Waals surface area contributed by atoms with Gasteiger partial charge in [0.25, 0.3) is 0 Å². The van der Waals surface area contributed by atoms with Crippen molar-refractivity contribution in [3.05, 3.63) is 29.4 Å². The van der Waals surface area contributed by atoms with Crippen LogP contribution in [-0.2, 0) is 4.74 Å². The molecule has 0 amide bonds. The minimum absolute atomic E-state index is 0.325. The van der Waals surface area contributed by atoms with Crippen LogP contribution in [0.15, 0.2) is 16.7 Å². The normalized spacial score (nSPS) is 19.8. The Bertz CT molecular complexity index is 1120. The number of aromatic nitrogens is 3. The van der Waals surface area contributed by atoms with E-state index >= 15 is 0 Å². The van der Waals surface area contributed by atoms with Crippen LogP contribution < -0.4 is 15.0 Å². The first kappa shape index (κ1) is 21.1. The van der Waals surface area contributed by atoms with Crippen LogP contribution in [0, 0.1) is 19.7 Å². The van der Waals surface area contributed by atoms with Crippen LogP contribution in [0.4, 0.5) is 10.2 Å². The Labute approximate surface area is 186 Å². The van der Waals surface area contributed by atoms with Crippen LogP contribution in [0.2, 0.25) is 0 Å². The van der Waals surface area contributed by atoms with Crippen LogP contribution in [0.25, 0.3) is 22.3 Å². The van der Waals surface area contributed by atoms with Gasteiger partial charge in [0.1, 0.15) is 17.1 Å². The predicted octanol–water partition coefficient (Wildman–Crippen LogP) is 3.40. The number of piperidine rings is 1. The standard InChI is InChI=1S/C23H28FN5O3/c1-13-18-10-17(30-3)11-19(24)21(18)27-23(20(13)22-25-14(2)32-28-22)29-7-4-15(5-8-29)26-16-6-9-31-12-16/h10-11,15-16,26H,4-9,12H2,1-3H3/t16-/m1/s1. The molecule has 1 aromatic carbocycles. The van der Waals surface area contributed by atoms with Gasteiger partial charge in [0.05, 0.1) is 19.3 Å². The van der Waals surface area contributed by atoms with E-state index in [0.29, 0.717) is 46.3 Å². The van der Waals surface area contributed by atoms with Crippen LogP contribution >= 0.6 is 0 Å². The maximum Gasteiger partial charge on any atom is 0.223 e. The van der Waals surface area contributed by atoms with E-state index in [1.165, 1.54) is 13.2 Å². The van der Waals surface area contributed by atoms with Gasteiger partial charge in [-0.15, -0.1) is 0 Å². The highest BCUT2D eigenvalue weighted by molar-refractivity contribution is 5.93. The summed E-state index contributed by atoms with van der Waals surface area (Å²) in [5, 5.41) is 8.55. The lowest BCUT2D eigenvalue weighted by molar-refractivity contribution is 0.186. The molecule has 8 nitrogen and oxygen atoms in total. The van der Waals surface area contributed by atoms with E-state index < -0.39 is 5.82 Å². The Morgan fingerprint density at radius 1 is 1.12 bits per heavy atom. The summed E-state index contributed by atoms with van der Waals surface area (Å²) in [6, 6.07) is 4.06. The summed E-state index contributed by atoms with van der Waals surface area (Å²) in [5.41, 5.74) is 1.95. The first-order valence-electron chi connectivity index (χ1n) is 11.1. The van der Waals surface area contributed by atoms with Crippen LogP contribution in [0.5, 0.6) is 5.75 Å². The predicted molar refractivity (Wildman–Crippen MR) is 119 cm³/mol. The molecule has 3 aromatic rings. The van der Waals surface area contributed by atoms with E-state index in [1.54, 1.807) is 13.0 Å². The lowest BCUT2D eigenvalue weighted by Crippen LogP contribution is -2.46. The average molecular weight is 442 g/mol. The van der Waals surface area contributed by atoms with Crippen LogP contribution in [-0.4, -0.2) is 60.6 Å². The van der Waals surface area contributed by atoms with E-state index in [2.05, 4.69) is 20.4 Å². The largest absolute Gasteiger partial charge is 0.497 e.